The number of aryl methyl sites for hydroxylation is 1. The van der Waals surface area contributed by atoms with E-state index in [9.17, 15) is 4.79 Å². The van der Waals surface area contributed by atoms with Crippen molar-refractivity contribution in [3.05, 3.63) is 17.5 Å². The minimum Gasteiger partial charge on any atom is -0.376 e. The third-order valence-corrected chi connectivity index (χ3v) is 3.92. The van der Waals surface area contributed by atoms with Crippen molar-refractivity contribution in [2.75, 3.05) is 26.2 Å². The summed E-state index contributed by atoms with van der Waals surface area (Å²) in [6.07, 6.45) is 2.38. The Morgan fingerprint density at radius 3 is 3.25 bits per heavy atom. The lowest BCUT2D eigenvalue weighted by atomic mass is 10.2. The van der Waals surface area contributed by atoms with Crippen LogP contribution in [0.4, 0.5) is 0 Å². The first-order chi connectivity index (χ1) is 9.70. The highest BCUT2D eigenvalue weighted by atomic mass is 16.5. The maximum atomic E-state index is 12.0. The molecule has 2 aliphatic rings. The van der Waals surface area contributed by atoms with Crippen LogP contribution >= 0.6 is 0 Å². The first-order valence-corrected chi connectivity index (χ1v) is 7.35. The summed E-state index contributed by atoms with van der Waals surface area (Å²) in [5, 5.41) is 7.40. The van der Waals surface area contributed by atoms with Crippen LogP contribution in [0.3, 0.4) is 0 Å². The molecule has 0 spiro atoms. The smallest absolute Gasteiger partial charge is 0.234 e. The lowest BCUT2D eigenvalue weighted by Crippen LogP contribution is -2.43. The zero-order valence-electron chi connectivity index (χ0n) is 12.0. The number of carbonyl (C=O) groups is 1. The van der Waals surface area contributed by atoms with Crippen molar-refractivity contribution in [3.63, 3.8) is 0 Å². The molecule has 0 aromatic carbocycles. The number of hydrogen-bond acceptors (Lipinski definition) is 4. The third kappa shape index (κ3) is 3.19. The van der Waals surface area contributed by atoms with Crippen LogP contribution in [0.25, 0.3) is 0 Å². The van der Waals surface area contributed by atoms with E-state index in [-0.39, 0.29) is 12.0 Å². The molecule has 20 heavy (non-hydrogen) atoms. The predicted molar refractivity (Wildman–Crippen MR) is 74.2 cm³/mol. The van der Waals surface area contributed by atoms with E-state index in [0.717, 1.165) is 44.8 Å². The molecule has 3 rings (SSSR count). The molecule has 1 N–H and O–H groups in total. The van der Waals surface area contributed by atoms with Crippen LogP contribution in [0, 0.1) is 6.92 Å². The average Bonchev–Trinajstić information content (AvgIpc) is 3.04. The van der Waals surface area contributed by atoms with Crippen molar-refractivity contribution in [1.29, 1.82) is 0 Å². The second-order valence-corrected chi connectivity index (χ2v) is 5.65. The lowest BCUT2D eigenvalue weighted by molar-refractivity contribution is -0.123. The van der Waals surface area contributed by atoms with E-state index in [4.69, 9.17) is 4.74 Å². The lowest BCUT2D eigenvalue weighted by Gasteiger charge is -2.27. The second-order valence-electron chi connectivity index (χ2n) is 5.65. The van der Waals surface area contributed by atoms with Crippen LogP contribution in [0.15, 0.2) is 6.07 Å². The average molecular weight is 278 g/mol. The van der Waals surface area contributed by atoms with Crippen molar-refractivity contribution < 1.29 is 9.53 Å². The number of ether oxygens (including phenoxy) is 1. The fourth-order valence-corrected chi connectivity index (χ4v) is 2.89. The van der Waals surface area contributed by atoms with Crippen LogP contribution in [-0.2, 0) is 22.6 Å². The maximum absolute atomic E-state index is 12.0. The third-order valence-electron chi connectivity index (χ3n) is 3.92. The summed E-state index contributed by atoms with van der Waals surface area (Å²) in [5.41, 5.74) is 2.24. The van der Waals surface area contributed by atoms with Crippen LogP contribution < -0.4 is 5.32 Å². The van der Waals surface area contributed by atoms with Crippen LogP contribution in [0.2, 0.25) is 0 Å². The van der Waals surface area contributed by atoms with Gasteiger partial charge in [-0.05, 0) is 25.8 Å². The molecule has 0 unspecified atom stereocenters. The largest absolute Gasteiger partial charge is 0.376 e. The van der Waals surface area contributed by atoms with Crippen LogP contribution in [-0.4, -0.2) is 52.9 Å². The molecule has 2 aliphatic heterocycles. The molecule has 1 aromatic heterocycles. The van der Waals surface area contributed by atoms with Gasteiger partial charge in [-0.2, -0.15) is 5.10 Å². The molecule has 1 fully saturated rings. The number of fused-ring (bicyclic) bond motifs is 1. The summed E-state index contributed by atoms with van der Waals surface area (Å²) in [6, 6.07) is 2.09. The molecule has 1 saturated heterocycles. The Morgan fingerprint density at radius 1 is 1.55 bits per heavy atom. The zero-order chi connectivity index (χ0) is 13.9. The highest BCUT2D eigenvalue weighted by molar-refractivity contribution is 5.78. The second kappa shape index (κ2) is 5.93. The Morgan fingerprint density at radius 2 is 2.45 bits per heavy atom. The van der Waals surface area contributed by atoms with E-state index < -0.39 is 0 Å². The molecule has 3 heterocycles. The van der Waals surface area contributed by atoms with Gasteiger partial charge in [0.1, 0.15) is 0 Å². The van der Waals surface area contributed by atoms with Gasteiger partial charge in [0.05, 0.1) is 30.6 Å². The normalized spacial score (nSPS) is 22.8. The van der Waals surface area contributed by atoms with E-state index in [0.29, 0.717) is 13.1 Å². The van der Waals surface area contributed by atoms with E-state index >= 15 is 0 Å². The van der Waals surface area contributed by atoms with Gasteiger partial charge in [0.2, 0.25) is 5.91 Å². The molecule has 0 radical (unpaired) electrons. The van der Waals surface area contributed by atoms with Crippen molar-refractivity contribution >= 4 is 5.91 Å². The van der Waals surface area contributed by atoms with Gasteiger partial charge in [0, 0.05) is 26.2 Å². The Labute approximate surface area is 119 Å². The summed E-state index contributed by atoms with van der Waals surface area (Å²) in [7, 11) is 0. The molecule has 1 atom stereocenters. The zero-order valence-corrected chi connectivity index (χ0v) is 12.0. The summed E-state index contributed by atoms with van der Waals surface area (Å²) in [6.45, 7) is 6.47. The first-order valence-electron chi connectivity index (χ1n) is 7.35. The number of nitrogens with one attached hydrogen (secondary N) is 1. The Hall–Kier alpha value is -1.40. The van der Waals surface area contributed by atoms with E-state index in [2.05, 4.69) is 21.4 Å². The summed E-state index contributed by atoms with van der Waals surface area (Å²) in [5.74, 6) is 0.0881. The Balaban J connectivity index is 1.45. The van der Waals surface area contributed by atoms with Gasteiger partial charge < -0.3 is 10.1 Å². The highest BCUT2D eigenvalue weighted by Crippen LogP contribution is 2.13. The minimum absolute atomic E-state index is 0.0881. The fourth-order valence-electron chi connectivity index (χ4n) is 2.89. The number of rotatable bonds is 4. The topological polar surface area (TPSA) is 59.4 Å². The predicted octanol–water partition coefficient (Wildman–Crippen LogP) is 0.302. The van der Waals surface area contributed by atoms with Crippen molar-refractivity contribution in [1.82, 2.24) is 20.0 Å². The number of carbonyl (C=O) groups excluding carboxylic acids is 1. The minimum atomic E-state index is 0.0881. The Bertz CT molecular complexity index is 480. The molecule has 1 amide bonds. The van der Waals surface area contributed by atoms with Gasteiger partial charge in [-0.1, -0.05) is 0 Å². The van der Waals surface area contributed by atoms with Gasteiger partial charge in [-0.3, -0.25) is 14.4 Å². The monoisotopic (exact) mass is 278 g/mol. The van der Waals surface area contributed by atoms with Gasteiger partial charge in [0.15, 0.2) is 0 Å². The number of aromatic nitrogens is 2. The van der Waals surface area contributed by atoms with E-state index in [1.165, 1.54) is 5.69 Å². The van der Waals surface area contributed by atoms with Crippen molar-refractivity contribution in [2.45, 2.75) is 39.0 Å². The van der Waals surface area contributed by atoms with Crippen molar-refractivity contribution in [3.8, 4) is 0 Å². The maximum Gasteiger partial charge on any atom is 0.234 e. The molecule has 110 valence electrons. The summed E-state index contributed by atoms with van der Waals surface area (Å²) >= 11 is 0. The van der Waals surface area contributed by atoms with E-state index in [1.54, 1.807) is 0 Å². The highest BCUT2D eigenvalue weighted by Gasteiger charge is 2.21. The van der Waals surface area contributed by atoms with Crippen LogP contribution in [0.5, 0.6) is 0 Å². The Kier molecular flexibility index (Phi) is 4.03. The van der Waals surface area contributed by atoms with Gasteiger partial charge in [-0.15, -0.1) is 0 Å². The molecule has 6 heteroatoms. The summed E-state index contributed by atoms with van der Waals surface area (Å²) < 4.78 is 7.54. The van der Waals surface area contributed by atoms with Crippen molar-refractivity contribution in [2.24, 2.45) is 0 Å². The van der Waals surface area contributed by atoms with Gasteiger partial charge in [-0.25, -0.2) is 0 Å². The van der Waals surface area contributed by atoms with Crippen LogP contribution in [0.1, 0.15) is 24.2 Å². The first kappa shape index (κ1) is 13.6. The molecular weight excluding hydrogens is 256 g/mol. The molecule has 0 aliphatic carbocycles. The fraction of sp³-hybridized carbons (Fsp3) is 0.714. The van der Waals surface area contributed by atoms with Gasteiger partial charge >= 0.3 is 0 Å². The number of amides is 1. The SMILES string of the molecule is Cc1cc2n(n1)CCN(CC(=O)NC[C@H]1CCCO1)C2. The molecule has 0 bridgehead atoms. The number of hydrogen-bond donors (Lipinski definition) is 1. The van der Waals surface area contributed by atoms with E-state index in [1.807, 2.05) is 11.6 Å². The molecule has 1 aromatic rings. The summed E-state index contributed by atoms with van der Waals surface area (Å²) in [4.78, 5) is 14.1. The molecular formula is C14H22N4O2. The molecule has 0 saturated carbocycles. The molecule has 6 nitrogen and oxygen atoms in total. The van der Waals surface area contributed by atoms with Gasteiger partial charge in [0.25, 0.3) is 0 Å². The number of nitrogens with zero attached hydrogens (tertiary/aromatic N) is 3. The quantitative estimate of drug-likeness (QED) is 0.861. The standard InChI is InChI=1S/C14H22N4O2/c1-11-7-12-9-17(4-5-18(12)16-11)10-14(19)15-8-13-3-2-6-20-13/h7,13H,2-6,8-10H2,1H3,(H,15,19)/t13-/m1/s1.